The molecule has 0 radical (unpaired) electrons. The van der Waals surface area contributed by atoms with Crippen molar-refractivity contribution in [3.05, 3.63) is 193 Å². The van der Waals surface area contributed by atoms with Crippen molar-refractivity contribution in [2.75, 3.05) is 10.9 Å². The third-order valence-electron chi connectivity index (χ3n) is 22.7. The van der Waals surface area contributed by atoms with E-state index in [1.807, 2.05) is 0 Å². The van der Waals surface area contributed by atoms with E-state index in [0.717, 1.165) is 102 Å². The molecule has 8 heteroatoms. The van der Waals surface area contributed by atoms with Crippen LogP contribution in [0, 0.1) is 25.7 Å². The molecule has 572 valence electrons. The topological polar surface area (TPSA) is 68.8 Å². The molecule has 0 aliphatic heterocycles. The number of phenolic OH excluding ortho intramolecular Hbond substituents is 2. The Morgan fingerprint density at radius 1 is 0.311 bits per heavy atom. The zero-order valence-electron chi connectivity index (χ0n) is 72.3. The summed E-state index contributed by atoms with van der Waals surface area (Å²) in [5.41, 5.74) is 18.5. The van der Waals surface area contributed by atoms with Crippen LogP contribution in [0.5, 0.6) is 23.0 Å². The van der Waals surface area contributed by atoms with Crippen molar-refractivity contribution < 1.29 is 45.5 Å². The van der Waals surface area contributed by atoms with Crippen LogP contribution in [0.3, 0.4) is 0 Å². The van der Waals surface area contributed by atoms with Gasteiger partial charge in [0.05, 0.1) is 0 Å². The van der Waals surface area contributed by atoms with E-state index in [9.17, 15) is 10.2 Å². The Morgan fingerprint density at radius 3 is 0.764 bits per heavy atom. The predicted octanol–water partition coefficient (Wildman–Crippen LogP) is 28.5. The number of hydrogen-bond acceptors (Lipinski definition) is 4. The maximum absolute atomic E-state index is 13.7. The average molecular weight is 1660 g/mol. The van der Waals surface area contributed by atoms with Crippen LogP contribution < -0.4 is 9.47 Å². The zero-order chi connectivity index (χ0) is 76.6. The van der Waals surface area contributed by atoms with E-state index in [1.165, 1.54) is 43.8 Å². The van der Waals surface area contributed by atoms with Crippen molar-refractivity contribution in [1.82, 2.24) is 9.13 Å². The monoisotopic (exact) mass is 1660 g/mol. The van der Waals surface area contributed by atoms with Crippen LogP contribution in [0.15, 0.2) is 133 Å². The second-order valence-corrected chi connectivity index (χ2v) is 52.9. The Bertz CT molecular complexity index is 4400. The fraction of sp³-hybridized carbons (Fsp3) is 0.490. The summed E-state index contributed by atoms with van der Waals surface area (Å²) in [6, 6.07) is 50.4. The van der Waals surface area contributed by atoms with Gasteiger partial charge in [-0.25, -0.2) is 0 Å². The normalized spacial score (nSPS) is 13.5. The number of benzene rings is 8. The molecule has 10 aromatic rings. The van der Waals surface area contributed by atoms with Gasteiger partial charge in [0.15, 0.2) is 0 Å². The summed E-state index contributed by atoms with van der Waals surface area (Å²) in [7, 11) is 0. The minimum Gasteiger partial charge on any atom is -0.358 e. The molecule has 0 atom stereocenters. The Morgan fingerprint density at radius 2 is 0.538 bits per heavy atom. The standard InChI is InChI=1S/C96H130GeN2O4.2CH3.Hf/c1-59(2)97(60(3)4,57-102-83-43-37-65(93(23,24)25)49-73(83)75-51-67(95(29,30)55-87(5,6)7)53-81(85(75)100)98-77-39-33-61(89(11,12)13)45-69(77)70-46-62(90(14,15)16)34-40-78(70)98)58-103-84-44-38-66(94(26,27)28)50-74(84)76-52-68(96(31,32)56-88(8,9)10)54-82(86(76)101)99-79-41-35-63(91(17,18)19)47-71(79)72-48-64(92(20,21)22)36-42-80(72)99;;;/h33-54,59-60,100-101H,55-58H2,1-32H3;2*1H3;/q;2*-1;. The number of nitrogens with zero attached hydrogens (tertiary/aromatic N) is 2. The zero-order valence-corrected chi connectivity index (χ0v) is 78.0. The van der Waals surface area contributed by atoms with Crippen LogP contribution in [-0.4, -0.2) is 43.5 Å². The number of fused-ring (bicyclic) bond motifs is 6. The summed E-state index contributed by atoms with van der Waals surface area (Å²) in [4.78, 5) is 0. The predicted molar refractivity (Wildman–Crippen MR) is 462 cm³/mol. The van der Waals surface area contributed by atoms with Gasteiger partial charge >= 0.3 is 524 Å². The average Bonchev–Trinajstić information content (AvgIpc) is 1.54. The molecule has 0 amide bonds. The van der Waals surface area contributed by atoms with Crippen molar-refractivity contribution in [2.45, 2.75) is 287 Å². The first-order valence-electron chi connectivity index (χ1n) is 38.5. The Labute approximate surface area is 664 Å². The van der Waals surface area contributed by atoms with Gasteiger partial charge in [-0.3, -0.25) is 0 Å². The van der Waals surface area contributed by atoms with Gasteiger partial charge in [0.2, 0.25) is 0 Å². The van der Waals surface area contributed by atoms with Crippen molar-refractivity contribution in [3.63, 3.8) is 0 Å². The molecule has 0 spiro atoms. The van der Waals surface area contributed by atoms with Crippen LogP contribution in [0.25, 0.3) is 77.2 Å². The van der Waals surface area contributed by atoms with E-state index >= 15 is 0 Å². The van der Waals surface area contributed by atoms with E-state index in [4.69, 9.17) is 9.47 Å². The minimum atomic E-state index is -3.47. The van der Waals surface area contributed by atoms with E-state index < -0.39 is 13.3 Å². The molecular formula is C98H136GeHfN2O4-2. The molecule has 2 heterocycles. The van der Waals surface area contributed by atoms with Gasteiger partial charge in [-0.15, -0.1) is 0 Å². The molecule has 0 bridgehead atoms. The SMILES string of the molecule is C[CH](C)[Ge]([CH2]Oc1ccc(C(C)(C)C)cc1-c1cc(C(C)(C)CC(C)(C)C)cc(-n2c3ccc(C(C)(C)C)cc3c3cc(C(C)(C)C)ccc32)c1O)([CH2]Oc1ccc(C(C)(C)C)cc1-c1cc(C(C)(C)CC(C)(C)C)cc(-n2c3ccc(C(C)(C)C)cc3c3cc(C(C)(C)C)ccc32)c1O)[CH](C)C.[CH3-].[CH3-].[Hf]. The number of ether oxygens (including phenoxy) is 2. The number of aromatic nitrogens is 2. The van der Waals surface area contributed by atoms with Crippen molar-refractivity contribution in [1.29, 1.82) is 0 Å². The summed E-state index contributed by atoms with van der Waals surface area (Å²) >= 11 is -3.47. The molecule has 106 heavy (non-hydrogen) atoms. The van der Waals surface area contributed by atoms with Crippen LogP contribution in [0.4, 0.5) is 0 Å². The van der Waals surface area contributed by atoms with E-state index in [0.29, 0.717) is 10.9 Å². The molecular weight excluding hydrogens is 1520 g/mol. The molecule has 0 aliphatic rings. The Kier molecular flexibility index (Phi) is 24.7. The van der Waals surface area contributed by atoms with Crippen molar-refractivity contribution >= 4 is 56.9 Å². The van der Waals surface area contributed by atoms with Crippen LogP contribution >= 0.6 is 0 Å². The maximum Gasteiger partial charge on any atom is 0 e. The van der Waals surface area contributed by atoms with Gasteiger partial charge in [-0.05, 0) is 21.7 Å². The Hall–Kier alpha value is -6.03. The van der Waals surface area contributed by atoms with Gasteiger partial charge in [0, 0.05) is 25.8 Å². The fourth-order valence-corrected chi connectivity index (χ4v) is 24.1. The molecule has 2 aromatic heterocycles. The molecule has 0 fully saturated rings. The van der Waals surface area contributed by atoms with Crippen LogP contribution in [-0.2, 0) is 69.2 Å². The van der Waals surface area contributed by atoms with E-state index in [1.54, 1.807) is 0 Å². The summed E-state index contributed by atoms with van der Waals surface area (Å²) in [5.74, 6) is 1.94. The number of rotatable bonds is 16. The number of phenols is 2. The summed E-state index contributed by atoms with van der Waals surface area (Å²) in [5, 5.41) is 32.1. The van der Waals surface area contributed by atoms with Crippen LogP contribution in [0.2, 0.25) is 9.50 Å². The number of aromatic hydroxyl groups is 2. The summed E-state index contributed by atoms with van der Waals surface area (Å²) < 4.78 is 20.6. The quantitative estimate of drug-likeness (QED) is 0.0747. The van der Waals surface area contributed by atoms with E-state index in [2.05, 4.69) is 364 Å². The van der Waals surface area contributed by atoms with Gasteiger partial charge < -0.3 is 14.9 Å². The molecule has 2 N–H and O–H groups in total. The second kappa shape index (κ2) is 30.0. The molecule has 0 saturated carbocycles. The molecule has 6 nitrogen and oxygen atoms in total. The van der Waals surface area contributed by atoms with Crippen LogP contribution in [0.1, 0.15) is 279 Å². The number of hydrogen-bond donors (Lipinski definition) is 2. The smallest absolute Gasteiger partial charge is 0 e. The first-order valence-corrected chi connectivity index (χ1v) is 43.9. The maximum atomic E-state index is 13.7. The largest absolute Gasteiger partial charge is 0.358 e. The third kappa shape index (κ3) is 17.7. The minimum absolute atomic E-state index is 0. The molecule has 8 aromatic carbocycles. The first-order chi connectivity index (χ1) is 47.0. The molecule has 0 aliphatic carbocycles. The van der Waals surface area contributed by atoms with Crippen molar-refractivity contribution in [3.8, 4) is 56.6 Å². The molecule has 0 unspecified atom stereocenters. The van der Waals surface area contributed by atoms with E-state index in [-0.39, 0.29) is 116 Å². The third-order valence-corrected chi connectivity index (χ3v) is 35.2. The first kappa shape index (κ1) is 87.2. The molecule has 10 rings (SSSR count). The summed E-state index contributed by atoms with van der Waals surface area (Å²) in [6.45, 7) is 74.1. The van der Waals surface area contributed by atoms with Gasteiger partial charge in [-0.1, -0.05) is 83.1 Å². The van der Waals surface area contributed by atoms with Gasteiger partial charge in [-0.2, -0.15) is 0 Å². The Balaban J connectivity index is 0.00000523. The van der Waals surface area contributed by atoms with Gasteiger partial charge in [0.25, 0.3) is 0 Å². The van der Waals surface area contributed by atoms with Crippen molar-refractivity contribution in [2.24, 2.45) is 10.8 Å². The molecule has 0 saturated heterocycles. The van der Waals surface area contributed by atoms with Gasteiger partial charge in [0.1, 0.15) is 0 Å². The fourth-order valence-electron chi connectivity index (χ4n) is 16.5. The second-order valence-electron chi connectivity index (χ2n) is 41.7. The summed E-state index contributed by atoms with van der Waals surface area (Å²) in [6.07, 6.45) is 1.84.